The number of carbonyl (C=O) groups excluding carboxylic acids is 1. The molecular formula is C19H21N3O3. The molecule has 6 nitrogen and oxygen atoms in total. The van der Waals surface area contributed by atoms with E-state index in [0.29, 0.717) is 24.2 Å². The zero-order chi connectivity index (χ0) is 18.2. The molecule has 1 amide bonds. The highest BCUT2D eigenvalue weighted by atomic mass is 16.4. The molecule has 1 aromatic carbocycles. The highest BCUT2D eigenvalue weighted by molar-refractivity contribution is 5.98. The Morgan fingerprint density at radius 3 is 2.52 bits per heavy atom. The highest BCUT2D eigenvalue weighted by Crippen LogP contribution is 2.40. The molecule has 1 saturated heterocycles. The maximum atomic E-state index is 13.0. The predicted octanol–water partition coefficient (Wildman–Crippen LogP) is 2.57. The van der Waals surface area contributed by atoms with Gasteiger partial charge in [-0.05, 0) is 32.8 Å². The number of rotatable bonds is 3. The number of nitrogens with zero attached hydrogens (tertiary/aromatic N) is 3. The minimum absolute atomic E-state index is 0.0180. The monoisotopic (exact) mass is 339 g/mol. The summed E-state index contributed by atoms with van der Waals surface area (Å²) in [4.78, 5) is 34.4. The van der Waals surface area contributed by atoms with Gasteiger partial charge in [0.15, 0.2) is 0 Å². The Bertz CT molecular complexity index is 819. The van der Waals surface area contributed by atoms with Crippen LogP contribution in [0.4, 0.5) is 0 Å². The minimum Gasteiger partial charge on any atom is -0.480 e. The summed E-state index contributed by atoms with van der Waals surface area (Å²) in [5.74, 6) is -1.35. The predicted molar refractivity (Wildman–Crippen MR) is 92.4 cm³/mol. The smallest absolute Gasteiger partial charge is 0.329 e. The summed E-state index contributed by atoms with van der Waals surface area (Å²) in [5, 5.41) is 9.79. The normalized spacial score (nSPS) is 22.8. The Hall–Kier alpha value is -2.76. The number of hydrogen-bond donors (Lipinski definition) is 1. The number of aliphatic carboxylic acids is 1. The second-order valence-electron chi connectivity index (χ2n) is 6.83. The molecule has 0 saturated carbocycles. The van der Waals surface area contributed by atoms with Gasteiger partial charge < -0.3 is 10.0 Å². The molecule has 1 aliphatic heterocycles. The van der Waals surface area contributed by atoms with Gasteiger partial charge in [-0.1, -0.05) is 29.8 Å². The van der Waals surface area contributed by atoms with Crippen LogP contribution in [0.1, 0.15) is 46.4 Å². The van der Waals surface area contributed by atoms with Crippen LogP contribution in [0, 0.1) is 13.8 Å². The number of aromatic nitrogens is 2. The fourth-order valence-electron chi connectivity index (χ4n) is 3.39. The summed E-state index contributed by atoms with van der Waals surface area (Å²) in [7, 11) is 0. The molecule has 2 atom stereocenters. The quantitative estimate of drug-likeness (QED) is 0.929. The topological polar surface area (TPSA) is 83.4 Å². The van der Waals surface area contributed by atoms with Crippen LogP contribution in [0.15, 0.2) is 36.8 Å². The number of likely N-dealkylation sites (tertiary alicyclic amines) is 1. The van der Waals surface area contributed by atoms with Gasteiger partial charge >= 0.3 is 5.97 Å². The summed E-state index contributed by atoms with van der Waals surface area (Å²) < 4.78 is 0. The number of aryl methyl sites for hydroxylation is 2. The highest BCUT2D eigenvalue weighted by Gasteiger charge is 2.50. The number of carboxylic acids is 1. The van der Waals surface area contributed by atoms with Crippen molar-refractivity contribution in [1.29, 1.82) is 0 Å². The second-order valence-corrected chi connectivity index (χ2v) is 6.83. The van der Waals surface area contributed by atoms with Gasteiger partial charge in [0.05, 0.1) is 11.3 Å². The zero-order valence-corrected chi connectivity index (χ0v) is 14.6. The van der Waals surface area contributed by atoms with E-state index in [-0.39, 0.29) is 11.8 Å². The lowest BCUT2D eigenvalue weighted by Crippen LogP contribution is -2.51. The maximum Gasteiger partial charge on any atom is 0.329 e. The first kappa shape index (κ1) is 17.1. The van der Waals surface area contributed by atoms with Gasteiger partial charge in [-0.2, -0.15) is 0 Å². The molecule has 2 heterocycles. The maximum absolute atomic E-state index is 13.0. The molecule has 25 heavy (non-hydrogen) atoms. The van der Waals surface area contributed by atoms with Crippen LogP contribution in [0.25, 0.3) is 0 Å². The van der Waals surface area contributed by atoms with Crippen LogP contribution in [0.2, 0.25) is 0 Å². The van der Waals surface area contributed by atoms with Crippen LogP contribution in [0.3, 0.4) is 0 Å². The molecule has 2 unspecified atom stereocenters. The van der Waals surface area contributed by atoms with Crippen LogP contribution < -0.4 is 0 Å². The van der Waals surface area contributed by atoms with Crippen LogP contribution in [-0.4, -0.2) is 43.9 Å². The molecule has 0 radical (unpaired) electrons. The van der Waals surface area contributed by atoms with E-state index in [9.17, 15) is 14.7 Å². The van der Waals surface area contributed by atoms with E-state index >= 15 is 0 Å². The van der Waals surface area contributed by atoms with Gasteiger partial charge in [0.1, 0.15) is 11.9 Å². The number of carbonyl (C=O) groups is 2. The second kappa shape index (κ2) is 6.27. The number of amides is 1. The zero-order valence-electron chi connectivity index (χ0n) is 14.6. The lowest BCUT2D eigenvalue weighted by atomic mass is 9.89. The molecule has 1 aromatic heterocycles. The minimum atomic E-state index is -1.26. The first-order valence-electron chi connectivity index (χ1n) is 8.21. The van der Waals surface area contributed by atoms with Crippen molar-refractivity contribution in [2.75, 3.05) is 6.54 Å². The number of hydrogen-bond acceptors (Lipinski definition) is 4. The molecule has 0 spiro atoms. The van der Waals surface area contributed by atoms with E-state index in [0.717, 1.165) is 11.1 Å². The van der Waals surface area contributed by atoms with Gasteiger partial charge in [-0.15, -0.1) is 0 Å². The van der Waals surface area contributed by atoms with Gasteiger partial charge in [-0.3, -0.25) is 4.79 Å². The van der Waals surface area contributed by atoms with Crippen molar-refractivity contribution in [1.82, 2.24) is 14.9 Å². The molecule has 0 bridgehead atoms. The lowest BCUT2D eigenvalue weighted by Gasteiger charge is -2.31. The largest absolute Gasteiger partial charge is 0.480 e. The number of carboxylic acid groups (broad SMARTS) is 1. The summed E-state index contributed by atoms with van der Waals surface area (Å²) in [6, 6.07) is 8.03. The van der Waals surface area contributed by atoms with E-state index in [4.69, 9.17) is 0 Å². The number of benzene rings is 1. The molecule has 3 rings (SSSR count). The van der Waals surface area contributed by atoms with E-state index < -0.39 is 11.5 Å². The van der Waals surface area contributed by atoms with Gasteiger partial charge in [0.25, 0.3) is 5.91 Å². The van der Waals surface area contributed by atoms with Crippen molar-refractivity contribution in [3.63, 3.8) is 0 Å². The van der Waals surface area contributed by atoms with E-state index in [1.54, 1.807) is 13.8 Å². The summed E-state index contributed by atoms with van der Waals surface area (Å²) >= 11 is 0. The Kier molecular flexibility index (Phi) is 4.29. The summed E-state index contributed by atoms with van der Waals surface area (Å²) in [5.41, 5.74) is 1.84. The van der Waals surface area contributed by atoms with Crippen LogP contribution in [-0.2, 0) is 4.79 Å². The van der Waals surface area contributed by atoms with Crippen molar-refractivity contribution in [3.05, 3.63) is 59.2 Å². The molecule has 1 N–H and O–H groups in total. The van der Waals surface area contributed by atoms with Crippen molar-refractivity contribution >= 4 is 11.9 Å². The SMILES string of the molecule is Cc1ccc(C2CN(C(=O)c3cncnc3C)C(C)(C(=O)O)C2)cc1. The van der Waals surface area contributed by atoms with E-state index in [1.165, 1.54) is 17.4 Å². The Labute approximate surface area is 146 Å². The lowest BCUT2D eigenvalue weighted by molar-refractivity contribution is -0.147. The first-order valence-corrected chi connectivity index (χ1v) is 8.21. The molecule has 6 heteroatoms. The van der Waals surface area contributed by atoms with Crippen molar-refractivity contribution in [2.45, 2.75) is 38.6 Å². The first-order chi connectivity index (χ1) is 11.8. The summed E-state index contributed by atoms with van der Waals surface area (Å²) in [6.45, 7) is 5.70. The fourth-order valence-corrected chi connectivity index (χ4v) is 3.39. The van der Waals surface area contributed by atoms with Crippen LogP contribution >= 0.6 is 0 Å². The molecule has 0 aliphatic carbocycles. The molecule has 1 aliphatic rings. The summed E-state index contributed by atoms with van der Waals surface area (Å²) in [6.07, 6.45) is 3.21. The van der Waals surface area contributed by atoms with E-state index in [2.05, 4.69) is 9.97 Å². The molecule has 1 fully saturated rings. The van der Waals surface area contributed by atoms with E-state index in [1.807, 2.05) is 31.2 Å². The molecule has 130 valence electrons. The van der Waals surface area contributed by atoms with Crippen molar-refractivity contribution in [3.8, 4) is 0 Å². The third kappa shape index (κ3) is 2.99. The van der Waals surface area contributed by atoms with Gasteiger partial charge in [-0.25, -0.2) is 14.8 Å². The third-order valence-electron chi connectivity index (χ3n) is 5.04. The average molecular weight is 339 g/mol. The van der Waals surface area contributed by atoms with Gasteiger partial charge in [0, 0.05) is 18.7 Å². The standard InChI is InChI=1S/C19H21N3O3/c1-12-4-6-14(7-5-12)15-8-19(3,18(24)25)22(10-15)17(23)16-9-20-11-21-13(16)2/h4-7,9,11,15H,8,10H2,1-3H3,(H,24,25). The van der Waals surface area contributed by atoms with Crippen LogP contribution in [0.5, 0.6) is 0 Å². The third-order valence-corrected chi connectivity index (χ3v) is 5.04. The van der Waals surface area contributed by atoms with Gasteiger partial charge in [0.2, 0.25) is 0 Å². The Balaban J connectivity index is 1.96. The molecule has 2 aromatic rings. The Morgan fingerprint density at radius 1 is 1.24 bits per heavy atom. The fraction of sp³-hybridized carbons (Fsp3) is 0.368. The Morgan fingerprint density at radius 2 is 1.92 bits per heavy atom. The average Bonchev–Trinajstić information content (AvgIpc) is 2.94. The van der Waals surface area contributed by atoms with Crippen molar-refractivity contribution in [2.24, 2.45) is 0 Å². The molecular weight excluding hydrogens is 318 g/mol. The van der Waals surface area contributed by atoms with Crippen molar-refractivity contribution < 1.29 is 14.7 Å².